The summed E-state index contributed by atoms with van der Waals surface area (Å²) in [5.41, 5.74) is 2.99. The van der Waals surface area contributed by atoms with Crippen molar-refractivity contribution in [3.63, 3.8) is 0 Å². The predicted molar refractivity (Wildman–Crippen MR) is 81.9 cm³/mol. The molecule has 0 unspecified atom stereocenters. The Balaban J connectivity index is 1.45. The molecular weight excluding hydrogens is 232 g/mol. The lowest BCUT2D eigenvalue weighted by molar-refractivity contribution is 0.463. The van der Waals surface area contributed by atoms with Crippen molar-refractivity contribution >= 4 is 5.69 Å². The van der Waals surface area contributed by atoms with Crippen LogP contribution < -0.4 is 10.2 Å². The van der Waals surface area contributed by atoms with Gasteiger partial charge in [0, 0.05) is 31.4 Å². The second kappa shape index (κ2) is 6.42. The number of anilines is 1. The molecule has 104 valence electrons. The molecule has 0 saturated heterocycles. The van der Waals surface area contributed by atoms with Gasteiger partial charge in [0.05, 0.1) is 0 Å². The van der Waals surface area contributed by atoms with Crippen molar-refractivity contribution in [1.29, 1.82) is 0 Å². The van der Waals surface area contributed by atoms with Gasteiger partial charge in [0.1, 0.15) is 0 Å². The van der Waals surface area contributed by atoms with E-state index in [2.05, 4.69) is 34.5 Å². The highest BCUT2D eigenvalue weighted by Gasteiger charge is 2.18. The summed E-state index contributed by atoms with van der Waals surface area (Å²) in [5, 5.41) is 3.78. The zero-order chi connectivity index (χ0) is 12.9. The SMILES string of the molecule is c1ccc2c(c1)CCN2CCNC1CCCCCC1. The molecule has 0 amide bonds. The number of benzene rings is 1. The molecule has 1 aromatic carbocycles. The minimum atomic E-state index is 0.778. The molecule has 2 nitrogen and oxygen atoms in total. The molecule has 1 saturated carbocycles. The Morgan fingerprint density at radius 2 is 1.84 bits per heavy atom. The highest BCUT2D eigenvalue weighted by atomic mass is 15.2. The van der Waals surface area contributed by atoms with Gasteiger partial charge in [-0.1, -0.05) is 43.9 Å². The van der Waals surface area contributed by atoms with Crippen molar-refractivity contribution in [2.75, 3.05) is 24.5 Å². The summed E-state index contributed by atoms with van der Waals surface area (Å²) in [6, 6.07) is 9.64. The number of fused-ring (bicyclic) bond motifs is 1. The van der Waals surface area contributed by atoms with Crippen LogP contribution in [0.3, 0.4) is 0 Å². The zero-order valence-electron chi connectivity index (χ0n) is 11.9. The molecular formula is C17H26N2. The Morgan fingerprint density at radius 3 is 2.68 bits per heavy atom. The Bertz CT molecular complexity index is 394. The monoisotopic (exact) mass is 258 g/mol. The van der Waals surface area contributed by atoms with Crippen LogP contribution in [-0.4, -0.2) is 25.7 Å². The predicted octanol–water partition coefficient (Wildman–Crippen LogP) is 3.36. The maximum absolute atomic E-state index is 3.78. The van der Waals surface area contributed by atoms with Gasteiger partial charge >= 0.3 is 0 Å². The van der Waals surface area contributed by atoms with Gasteiger partial charge in [-0.25, -0.2) is 0 Å². The van der Waals surface area contributed by atoms with Gasteiger partial charge in [0.25, 0.3) is 0 Å². The lowest BCUT2D eigenvalue weighted by atomic mass is 10.1. The lowest BCUT2D eigenvalue weighted by Crippen LogP contribution is -2.36. The van der Waals surface area contributed by atoms with Gasteiger partial charge in [0.2, 0.25) is 0 Å². The van der Waals surface area contributed by atoms with E-state index in [0.29, 0.717) is 0 Å². The van der Waals surface area contributed by atoms with E-state index in [9.17, 15) is 0 Å². The number of nitrogens with zero attached hydrogens (tertiary/aromatic N) is 1. The molecule has 2 heteroatoms. The summed E-state index contributed by atoms with van der Waals surface area (Å²) < 4.78 is 0. The molecule has 1 aliphatic heterocycles. The van der Waals surface area contributed by atoms with E-state index in [1.165, 1.54) is 62.7 Å². The molecule has 1 aliphatic carbocycles. The molecule has 0 aromatic heterocycles. The van der Waals surface area contributed by atoms with Crippen molar-refractivity contribution in [2.24, 2.45) is 0 Å². The van der Waals surface area contributed by atoms with Crippen LogP contribution in [0.4, 0.5) is 5.69 Å². The third kappa shape index (κ3) is 3.30. The normalized spacial score (nSPS) is 20.3. The topological polar surface area (TPSA) is 15.3 Å². The number of nitrogens with one attached hydrogen (secondary N) is 1. The molecule has 0 bridgehead atoms. The molecule has 2 aliphatic rings. The van der Waals surface area contributed by atoms with E-state index in [1.807, 2.05) is 0 Å². The van der Waals surface area contributed by atoms with Crippen molar-refractivity contribution in [3.05, 3.63) is 29.8 Å². The highest BCUT2D eigenvalue weighted by Crippen LogP contribution is 2.26. The Morgan fingerprint density at radius 1 is 1.05 bits per heavy atom. The van der Waals surface area contributed by atoms with Crippen LogP contribution in [0.1, 0.15) is 44.1 Å². The van der Waals surface area contributed by atoms with E-state index in [0.717, 1.165) is 19.1 Å². The van der Waals surface area contributed by atoms with E-state index >= 15 is 0 Å². The molecule has 19 heavy (non-hydrogen) atoms. The Kier molecular flexibility index (Phi) is 4.39. The number of hydrogen-bond acceptors (Lipinski definition) is 2. The van der Waals surface area contributed by atoms with Crippen molar-refractivity contribution in [1.82, 2.24) is 5.32 Å². The van der Waals surface area contributed by atoms with Crippen LogP contribution in [0.25, 0.3) is 0 Å². The minimum absolute atomic E-state index is 0.778. The number of hydrogen-bond donors (Lipinski definition) is 1. The second-order valence-electron chi connectivity index (χ2n) is 6.01. The van der Waals surface area contributed by atoms with E-state index in [1.54, 1.807) is 0 Å². The number of rotatable bonds is 4. The van der Waals surface area contributed by atoms with Crippen LogP contribution in [0.15, 0.2) is 24.3 Å². The number of para-hydroxylation sites is 1. The first-order valence-electron chi connectivity index (χ1n) is 8.00. The summed E-state index contributed by atoms with van der Waals surface area (Å²) >= 11 is 0. The van der Waals surface area contributed by atoms with E-state index in [4.69, 9.17) is 0 Å². The van der Waals surface area contributed by atoms with Crippen LogP contribution in [-0.2, 0) is 6.42 Å². The van der Waals surface area contributed by atoms with Crippen LogP contribution in [0, 0.1) is 0 Å². The first-order valence-corrected chi connectivity index (χ1v) is 8.00. The van der Waals surface area contributed by atoms with Gasteiger partial charge in [0.15, 0.2) is 0 Å². The highest BCUT2D eigenvalue weighted by molar-refractivity contribution is 5.57. The van der Waals surface area contributed by atoms with Crippen LogP contribution >= 0.6 is 0 Å². The summed E-state index contributed by atoms with van der Waals surface area (Å²) in [7, 11) is 0. The third-order valence-electron chi connectivity index (χ3n) is 4.65. The fourth-order valence-corrected chi connectivity index (χ4v) is 3.53. The van der Waals surface area contributed by atoms with Gasteiger partial charge in [-0.3, -0.25) is 0 Å². The fourth-order valence-electron chi connectivity index (χ4n) is 3.53. The minimum Gasteiger partial charge on any atom is -0.370 e. The molecule has 1 aromatic rings. The summed E-state index contributed by atoms with van der Waals surface area (Å²) in [5.74, 6) is 0. The van der Waals surface area contributed by atoms with Gasteiger partial charge in [-0.15, -0.1) is 0 Å². The summed E-state index contributed by atoms with van der Waals surface area (Å²) in [6.45, 7) is 3.50. The first kappa shape index (κ1) is 13.0. The molecule has 3 rings (SSSR count). The third-order valence-corrected chi connectivity index (χ3v) is 4.65. The zero-order valence-corrected chi connectivity index (χ0v) is 11.9. The summed E-state index contributed by atoms with van der Waals surface area (Å²) in [4.78, 5) is 2.54. The maximum Gasteiger partial charge on any atom is 0.0399 e. The summed E-state index contributed by atoms with van der Waals surface area (Å²) in [6.07, 6.45) is 9.72. The standard InChI is InChI=1S/C17H26N2/c1-2-4-9-16(8-3-1)18-12-14-19-13-11-15-7-5-6-10-17(15)19/h5-7,10,16,18H,1-4,8-9,11-14H2. The average Bonchev–Trinajstić information content (AvgIpc) is 2.68. The van der Waals surface area contributed by atoms with Crippen molar-refractivity contribution in [2.45, 2.75) is 51.0 Å². The average molecular weight is 258 g/mol. The molecule has 0 radical (unpaired) electrons. The lowest BCUT2D eigenvalue weighted by Gasteiger charge is -2.22. The molecule has 1 heterocycles. The van der Waals surface area contributed by atoms with Crippen LogP contribution in [0.2, 0.25) is 0 Å². The molecule has 0 spiro atoms. The van der Waals surface area contributed by atoms with Gasteiger partial charge in [-0.2, -0.15) is 0 Å². The maximum atomic E-state index is 3.78. The first-order chi connectivity index (χ1) is 9.43. The van der Waals surface area contributed by atoms with Crippen LogP contribution in [0.5, 0.6) is 0 Å². The van der Waals surface area contributed by atoms with E-state index < -0.39 is 0 Å². The van der Waals surface area contributed by atoms with Gasteiger partial charge < -0.3 is 10.2 Å². The van der Waals surface area contributed by atoms with E-state index in [-0.39, 0.29) is 0 Å². The Labute approximate surface area is 117 Å². The van der Waals surface area contributed by atoms with Gasteiger partial charge in [-0.05, 0) is 30.9 Å². The van der Waals surface area contributed by atoms with Crippen molar-refractivity contribution < 1.29 is 0 Å². The Hall–Kier alpha value is -1.02. The largest absolute Gasteiger partial charge is 0.370 e. The second-order valence-corrected chi connectivity index (χ2v) is 6.01. The molecule has 1 N–H and O–H groups in total. The van der Waals surface area contributed by atoms with Crippen molar-refractivity contribution in [3.8, 4) is 0 Å². The fraction of sp³-hybridized carbons (Fsp3) is 0.647. The molecule has 0 atom stereocenters. The molecule has 1 fully saturated rings. The quantitative estimate of drug-likeness (QED) is 0.833. The smallest absolute Gasteiger partial charge is 0.0399 e.